The van der Waals surface area contributed by atoms with E-state index in [1.54, 1.807) is 5.38 Å². The number of hydrogen-bond donors (Lipinski definition) is 1. The molecular formula is C17H14N2OS. The topological polar surface area (TPSA) is 42.0 Å². The number of carbonyl (C=O) groups is 1. The van der Waals surface area contributed by atoms with Crippen molar-refractivity contribution >= 4 is 22.9 Å². The molecule has 0 spiro atoms. The summed E-state index contributed by atoms with van der Waals surface area (Å²) < 4.78 is 0. The van der Waals surface area contributed by atoms with Gasteiger partial charge in [-0.25, -0.2) is 4.98 Å². The molecule has 0 bridgehead atoms. The number of aryl methyl sites for hydroxylation is 1. The molecule has 0 atom stereocenters. The first-order chi connectivity index (χ1) is 10.2. The first-order valence-corrected chi connectivity index (χ1v) is 7.49. The van der Waals surface area contributed by atoms with Gasteiger partial charge in [-0.05, 0) is 24.6 Å². The van der Waals surface area contributed by atoms with Crippen molar-refractivity contribution in [1.29, 1.82) is 0 Å². The third-order valence-corrected chi connectivity index (χ3v) is 3.92. The molecule has 1 amide bonds. The average Bonchev–Trinajstić information content (AvgIpc) is 2.98. The maximum Gasteiger partial charge on any atom is 0.275 e. The molecule has 0 saturated carbocycles. The second kappa shape index (κ2) is 5.89. The minimum Gasteiger partial charge on any atom is -0.321 e. The second-order valence-corrected chi connectivity index (χ2v) is 5.59. The molecule has 0 saturated heterocycles. The zero-order chi connectivity index (χ0) is 14.7. The maximum atomic E-state index is 12.2. The van der Waals surface area contributed by atoms with Gasteiger partial charge in [0.15, 0.2) is 0 Å². The van der Waals surface area contributed by atoms with Gasteiger partial charge in [-0.15, -0.1) is 11.3 Å². The molecule has 3 nitrogen and oxygen atoms in total. The Kier molecular flexibility index (Phi) is 3.79. The number of nitrogens with zero attached hydrogens (tertiary/aromatic N) is 1. The van der Waals surface area contributed by atoms with Crippen molar-refractivity contribution in [1.82, 2.24) is 4.98 Å². The van der Waals surface area contributed by atoms with Crippen molar-refractivity contribution in [3.63, 3.8) is 0 Å². The number of hydrogen-bond acceptors (Lipinski definition) is 3. The Morgan fingerprint density at radius 3 is 2.67 bits per heavy atom. The molecule has 0 fully saturated rings. The average molecular weight is 294 g/mol. The van der Waals surface area contributed by atoms with Crippen molar-refractivity contribution in [3.05, 3.63) is 71.2 Å². The highest BCUT2D eigenvalue weighted by Gasteiger charge is 2.11. The third-order valence-electron chi connectivity index (χ3n) is 3.03. The predicted molar refractivity (Wildman–Crippen MR) is 86.7 cm³/mol. The molecule has 0 aliphatic rings. The Bertz CT molecular complexity index is 765. The van der Waals surface area contributed by atoms with Crippen molar-refractivity contribution < 1.29 is 4.79 Å². The maximum absolute atomic E-state index is 12.2. The van der Waals surface area contributed by atoms with Crippen LogP contribution in [0.15, 0.2) is 60.0 Å². The molecular weight excluding hydrogens is 280 g/mol. The number of aromatic nitrogens is 1. The summed E-state index contributed by atoms with van der Waals surface area (Å²) in [5.41, 5.74) is 3.36. The zero-order valence-electron chi connectivity index (χ0n) is 11.5. The van der Waals surface area contributed by atoms with E-state index < -0.39 is 0 Å². The fourth-order valence-corrected chi connectivity index (χ4v) is 2.82. The van der Waals surface area contributed by atoms with Crippen LogP contribution in [0.1, 0.15) is 16.1 Å². The lowest BCUT2D eigenvalue weighted by Crippen LogP contribution is -2.12. The van der Waals surface area contributed by atoms with Crippen molar-refractivity contribution in [2.45, 2.75) is 6.92 Å². The number of carbonyl (C=O) groups excluding carboxylic acids is 1. The van der Waals surface area contributed by atoms with Crippen LogP contribution in [0.2, 0.25) is 0 Å². The first kappa shape index (κ1) is 13.5. The van der Waals surface area contributed by atoms with Crippen LogP contribution >= 0.6 is 11.3 Å². The zero-order valence-corrected chi connectivity index (χ0v) is 12.4. The Morgan fingerprint density at radius 1 is 1.10 bits per heavy atom. The molecule has 0 radical (unpaired) electrons. The van der Waals surface area contributed by atoms with Crippen LogP contribution in [0.4, 0.5) is 5.69 Å². The van der Waals surface area contributed by atoms with Crippen LogP contribution in [-0.2, 0) is 0 Å². The highest BCUT2D eigenvalue weighted by molar-refractivity contribution is 7.13. The van der Waals surface area contributed by atoms with Crippen LogP contribution in [0.5, 0.6) is 0 Å². The Morgan fingerprint density at radius 2 is 1.90 bits per heavy atom. The molecule has 0 aliphatic carbocycles. The molecule has 1 N–H and O–H groups in total. The number of thiazole rings is 1. The Labute approximate surface area is 127 Å². The Balaban J connectivity index is 1.78. The summed E-state index contributed by atoms with van der Waals surface area (Å²) in [6.07, 6.45) is 0. The van der Waals surface area contributed by atoms with E-state index in [0.717, 1.165) is 21.8 Å². The lowest BCUT2D eigenvalue weighted by molar-refractivity contribution is 0.102. The summed E-state index contributed by atoms with van der Waals surface area (Å²) >= 11 is 1.47. The fourth-order valence-electron chi connectivity index (χ4n) is 2.01. The monoisotopic (exact) mass is 294 g/mol. The van der Waals surface area contributed by atoms with Gasteiger partial charge in [0.1, 0.15) is 10.7 Å². The number of rotatable bonds is 3. The third kappa shape index (κ3) is 3.17. The van der Waals surface area contributed by atoms with E-state index in [1.807, 2.05) is 61.5 Å². The van der Waals surface area contributed by atoms with E-state index >= 15 is 0 Å². The van der Waals surface area contributed by atoms with E-state index in [-0.39, 0.29) is 5.91 Å². The lowest BCUT2D eigenvalue weighted by Gasteiger charge is -2.03. The standard InChI is InChI=1S/C17H14N2OS/c1-12-6-5-9-14(10-12)18-16(20)15-11-21-17(19-15)13-7-3-2-4-8-13/h2-11H,1H3,(H,18,20). The van der Waals surface area contributed by atoms with Gasteiger partial charge in [-0.2, -0.15) is 0 Å². The van der Waals surface area contributed by atoms with E-state index in [1.165, 1.54) is 11.3 Å². The number of amides is 1. The van der Waals surface area contributed by atoms with Crippen molar-refractivity contribution in [2.24, 2.45) is 0 Å². The lowest BCUT2D eigenvalue weighted by atomic mass is 10.2. The molecule has 1 aromatic heterocycles. The van der Waals surface area contributed by atoms with Gasteiger partial charge in [0.25, 0.3) is 5.91 Å². The summed E-state index contributed by atoms with van der Waals surface area (Å²) in [6.45, 7) is 1.99. The number of nitrogens with one attached hydrogen (secondary N) is 1. The molecule has 21 heavy (non-hydrogen) atoms. The van der Waals surface area contributed by atoms with E-state index in [0.29, 0.717) is 5.69 Å². The predicted octanol–water partition coefficient (Wildman–Crippen LogP) is 4.37. The normalized spacial score (nSPS) is 10.3. The molecule has 0 unspecified atom stereocenters. The molecule has 4 heteroatoms. The summed E-state index contributed by atoms with van der Waals surface area (Å²) in [7, 11) is 0. The quantitative estimate of drug-likeness (QED) is 0.779. The Hall–Kier alpha value is -2.46. The van der Waals surface area contributed by atoms with Crippen molar-refractivity contribution in [3.8, 4) is 10.6 Å². The summed E-state index contributed by atoms with van der Waals surface area (Å²) in [4.78, 5) is 16.6. The van der Waals surface area contributed by atoms with Gasteiger partial charge in [-0.1, -0.05) is 42.5 Å². The van der Waals surface area contributed by atoms with Crippen LogP contribution in [0.3, 0.4) is 0 Å². The molecule has 1 heterocycles. The fraction of sp³-hybridized carbons (Fsp3) is 0.0588. The molecule has 3 aromatic rings. The summed E-state index contributed by atoms with van der Waals surface area (Å²) in [6, 6.07) is 17.6. The number of anilines is 1. The van der Waals surface area contributed by atoms with E-state index in [9.17, 15) is 4.79 Å². The summed E-state index contributed by atoms with van der Waals surface area (Å²) in [5, 5.41) is 5.51. The minimum atomic E-state index is -0.181. The second-order valence-electron chi connectivity index (χ2n) is 4.73. The van der Waals surface area contributed by atoms with Gasteiger partial charge in [0, 0.05) is 16.6 Å². The van der Waals surface area contributed by atoms with Gasteiger partial charge < -0.3 is 5.32 Å². The molecule has 2 aromatic carbocycles. The molecule has 0 aliphatic heterocycles. The van der Waals surface area contributed by atoms with Gasteiger partial charge in [-0.3, -0.25) is 4.79 Å². The molecule has 104 valence electrons. The van der Waals surface area contributed by atoms with Gasteiger partial charge in [0.05, 0.1) is 0 Å². The van der Waals surface area contributed by atoms with Crippen LogP contribution in [-0.4, -0.2) is 10.9 Å². The first-order valence-electron chi connectivity index (χ1n) is 6.61. The largest absolute Gasteiger partial charge is 0.321 e. The van der Waals surface area contributed by atoms with Crippen LogP contribution < -0.4 is 5.32 Å². The number of benzene rings is 2. The van der Waals surface area contributed by atoms with Crippen molar-refractivity contribution in [2.75, 3.05) is 5.32 Å². The SMILES string of the molecule is Cc1cccc(NC(=O)c2csc(-c3ccccc3)n2)c1. The van der Waals surface area contributed by atoms with Crippen LogP contribution in [0.25, 0.3) is 10.6 Å². The minimum absolute atomic E-state index is 0.181. The summed E-state index contributed by atoms with van der Waals surface area (Å²) in [5.74, 6) is -0.181. The highest BCUT2D eigenvalue weighted by Crippen LogP contribution is 2.23. The smallest absolute Gasteiger partial charge is 0.275 e. The van der Waals surface area contributed by atoms with E-state index in [2.05, 4.69) is 10.3 Å². The van der Waals surface area contributed by atoms with Gasteiger partial charge >= 0.3 is 0 Å². The highest BCUT2D eigenvalue weighted by atomic mass is 32.1. The van der Waals surface area contributed by atoms with Crippen LogP contribution in [0, 0.1) is 6.92 Å². The van der Waals surface area contributed by atoms with Gasteiger partial charge in [0.2, 0.25) is 0 Å². The molecule has 3 rings (SSSR count). The van der Waals surface area contributed by atoms with E-state index in [4.69, 9.17) is 0 Å².